The molecular formula is C23H20FN5O2. The number of benzene rings is 1. The molecule has 0 unspecified atom stereocenters. The number of nitriles is 1. The molecule has 0 saturated carbocycles. The third-order valence-corrected chi connectivity index (χ3v) is 5.26. The molecular weight excluding hydrogens is 397 g/mol. The first-order chi connectivity index (χ1) is 14.8. The van der Waals surface area contributed by atoms with Crippen molar-refractivity contribution >= 4 is 11.7 Å². The molecule has 3 heterocycles. The van der Waals surface area contributed by atoms with Crippen molar-refractivity contribution in [3.05, 3.63) is 59.0 Å². The summed E-state index contributed by atoms with van der Waals surface area (Å²) in [6, 6.07) is 11.3. The quantitative estimate of drug-likeness (QED) is 0.693. The topological polar surface area (TPSA) is 105 Å². The van der Waals surface area contributed by atoms with E-state index in [0.29, 0.717) is 40.2 Å². The summed E-state index contributed by atoms with van der Waals surface area (Å²) in [6.07, 6.45) is 0. The zero-order valence-corrected chi connectivity index (χ0v) is 17.3. The molecule has 1 aliphatic rings. The van der Waals surface area contributed by atoms with Gasteiger partial charge in [0, 0.05) is 22.7 Å². The lowest BCUT2D eigenvalue weighted by Crippen LogP contribution is -2.30. The SMILES string of the molecule is COc1nc2c(cc1-c1cc(-c3cccc(F)c3)nc(N)c1C#N)C(=O)N(C(C)C)C2. The maximum atomic E-state index is 13.8. The molecule has 0 radical (unpaired) electrons. The number of carbonyl (C=O) groups is 1. The second-order valence-electron chi connectivity index (χ2n) is 7.50. The Kier molecular flexibility index (Phi) is 5.03. The molecule has 1 aromatic carbocycles. The Morgan fingerprint density at radius 2 is 1.97 bits per heavy atom. The number of halogens is 1. The smallest absolute Gasteiger partial charge is 0.256 e. The lowest BCUT2D eigenvalue weighted by atomic mass is 9.97. The normalized spacial score (nSPS) is 12.8. The van der Waals surface area contributed by atoms with Crippen molar-refractivity contribution in [3.63, 3.8) is 0 Å². The second kappa shape index (κ2) is 7.69. The van der Waals surface area contributed by atoms with Crippen LogP contribution in [0.2, 0.25) is 0 Å². The van der Waals surface area contributed by atoms with E-state index in [-0.39, 0.29) is 29.2 Å². The lowest BCUT2D eigenvalue weighted by molar-refractivity contribution is 0.0730. The van der Waals surface area contributed by atoms with Gasteiger partial charge in [0.1, 0.15) is 23.3 Å². The standard InChI is InChI=1S/C23H20FN5O2/c1-12(2)29-11-20-17(23(29)30)8-16(22(28-20)31-3)15-9-19(27-21(26)18(15)10-25)13-5-4-6-14(24)7-13/h4-9,12H,11H2,1-3H3,(H2,26,27). The second-order valence-corrected chi connectivity index (χ2v) is 7.50. The maximum Gasteiger partial charge on any atom is 0.256 e. The van der Waals surface area contributed by atoms with Crippen molar-refractivity contribution in [2.45, 2.75) is 26.4 Å². The highest BCUT2D eigenvalue weighted by molar-refractivity contribution is 6.00. The molecule has 7 nitrogen and oxygen atoms in total. The van der Waals surface area contributed by atoms with Crippen molar-refractivity contribution in [1.29, 1.82) is 5.26 Å². The van der Waals surface area contributed by atoms with E-state index in [1.165, 1.54) is 19.2 Å². The number of nitrogens with zero attached hydrogens (tertiary/aromatic N) is 4. The van der Waals surface area contributed by atoms with Crippen molar-refractivity contribution < 1.29 is 13.9 Å². The molecule has 31 heavy (non-hydrogen) atoms. The number of nitrogen functional groups attached to an aromatic ring is 1. The minimum Gasteiger partial charge on any atom is -0.481 e. The van der Waals surface area contributed by atoms with Gasteiger partial charge in [-0.05, 0) is 38.1 Å². The molecule has 0 aliphatic carbocycles. The van der Waals surface area contributed by atoms with Gasteiger partial charge in [-0.1, -0.05) is 12.1 Å². The predicted molar refractivity (Wildman–Crippen MR) is 114 cm³/mol. The summed E-state index contributed by atoms with van der Waals surface area (Å²) in [5.41, 5.74) is 9.04. The fraction of sp³-hybridized carbons (Fsp3) is 0.217. The van der Waals surface area contributed by atoms with Gasteiger partial charge in [-0.25, -0.2) is 14.4 Å². The van der Waals surface area contributed by atoms with E-state index in [0.717, 1.165) is 0 Å². The summed E-state index contributed by atoms with van der Waals surface area (Å²) in [5.74, 6) is -0.284. The third-order valence-electron chi connectivity index (χ3n) is 5.26. The molecule has 1 aliphatic heterocycles. The van der Waals surface area contributed by atoms with Crippen LogP contribution in [0.1, 0.15) is 35.5 Å². The van der Waals surface area contributed by atoms with E-state index in [4.69, 9.17) is 10.5 Å². The highest BCUT2D eigenvalue weighted by Crippen LogP contribution is 2.38. The Bertz CT molecular complexity index is 1250. The third kappa shape index (κ3) is 3.44. The molecule has 0 atom stereocenters. The Morgan fingerprint density at radius 1 is 1.19 bits per heavy atom. The molecule has 2 aromatic heterocycles. The number of amides is 1. The van der Waals surface area contributed by atoms with Gasteiger partial charge in [0.2, 0.25) is 5.88 Å². The van der Waals surface area contributed by atoms with E-state index < -0.39 is 5.82 Å². The number of rotatable bonds is 4. The van der Waals surface area contributed by atoms with Gasteiger partial charge >= 0.3 is 0 Å². The van der Waals surface area contributed by atoms with Gasteiger partial charge in [-0.15, -0.1) is 0 Å². The van der Waals surface area contributed by atoms with E-state index in [2.05, 4.69) is 16.0 Å². The molecule has 0 fully saturated rings. The largest absolute Gasteiger partial charge is 0.481 e. The minimum atomic E-state index is -0.417. The van der Waals surface area contributed by atoms with E-state index in [1.807, 2.05) is 13.8 Å². The number of aromatic nitrogens is 2. The summed E-state index contributed by atoms with van der Waals surface area (Å²) >= 11 is 0. The Hall–Kier alpha value is -3.99. The maximum absolute atomic E-state index is 13.8. The monoisotopic (exact) mass is 417 g/mol. The Balaban J connectivity index is 1.94. The molecule has 3 aromatic rings. The first-order valence-corrected chi connectivity index (χ1v) is 9.69. The number of hydrogen-bond donors (Lipinski definition) is 1. The number of pyridine rings is 2. The number of carbonyl (C=O) groups excluding carboxylic acids is 1. The fourth-order valence-electron chi connectivity index (χ4n) is 3.68. The summed E-state index contributed by atoms with van der Waals surface area (Å²) in [4.78, 5) is 23.4. The zero-order chi connectivity index (χ0) is 22.3. The number of nitrogens with two attached hydrogens (primary N) is 1. The van der Waals surface area contributed by atoms with Crippen molar-refractivity contribution in [3.8, 4) is 34.3 Å². The van der Waals surface area contributed by atoms with Gasteiger partial charge in [0.05, 0.1) is 30.6 Å². The van der Waals surface area contributed by atoms with Crippen LogP contribution in [0.15, 0.2) is 36.4 Å². The molecule has 4 rings (SSSR count). The van der Waals surface area contributed by atoms with Crippen LogP contribution < -0.4 is 10.5 Å². The van der Waals surface area contributed by atoms with Crippen LogP contribution in [0.25, 0.3) is 22.4 Å². The van der Waals surface area contributed by atoms with Crippen LogP contribution in [0, 0.1) is 17.1 Å². The number of ether oxygens (including phenoxy) is 1. The molecule has 0 spiro atoms. The first kappa shape index (κ1) is 20.3. The van der Waals surface area contributed by atoms with Gasteiger partial charge in [0.25, 0.3) is 5.91 Å². The number of anilines is 1. The molecule has 2 N–H and O–H groups in total. The number of methoxy groups -OCH3 is 1. The summed E-state index contributed by atoms with van der Waals surface area (Å²) in [7, 11) is 1.47. The van der Waals surface area contributed by atoms with Gasteiger partial charge < -0.3 is 15.4 Å². The van der Waals surface area contributed by atoms with Gasteiger partial charge in [-0.3, -0.25) is 4.79 Å². The number of fused-ring (bicyclic) bond motifs is 1. The van der Waals surface area contributed by atoms with Crippen molar-refractivity contribution in [2.24, 2.45) is 0 Å². The predicted octanol–water partition coefficient (Wildman–Crippen LogP) is 3.78. The molecule has 0 saturated heterocycles. The fourth-order valence-corrected chi connectivity index (χ4v) is 3.68. The van der Waals surface area contributed by atoms with Crippen LogP contribution in [0.5, 0.6) is 5.88 Å². The zero-order valence-electron chi connectivity index (χ0n) is 17.3. The lowest BCUT2D eigenvalue weighted by Gasteiger charge is -2.19. The first-order valence-electron chi connectivity index (χ1n) is 9.69. The Labute approximate surface area is 178 Å². The van der Waals surface area contributed by atoms with Crippen LogP contribution in [-0.2, 0) is 6.54 Å². The highest BCUT2D eigenvalue weighted by atomic mass is 19.1. The molecule has 0 bridgehead atoms. The Morgan fingerprint density at radius 3 is 2.61 bits per heavy atom. The van der Waals surface area contributed by atoms with E-state index in [9.17, 15) is 14.4 Å². The average Bonchev–Trinajstić information content (AvgIpc) is 3.08. The molecule has 1 amide bonds. The molecule has 8 heteroatoms. The average molecular weight is 417 g/mol. The summed E-state index contributed by atoms with van der Waals surface area (Å²) < 4.78 is 19.2. The van der Waals surface area contributed by atoms with Crippen LogP contribution in [0.3, 0.4) is 0 Å². The summed E-state index contributed by atoms with van der Waals surface area (Å²) in [6.45, 7) is 4.26. The van der Waals surface area contributed by atoms with Crippen LogP contribution in [0.4, 0.5) is 10.2 Å². The van der Waals surface area contributed by atoms with Crippen molar-refractivity contribution in [1.82, 2.24) is 14.9 Å². The van der Waals surface area contributed by atoms with Crippen LogP contribution in [-0.4, -0.2) is 33.9 Å². The van der Waals surface area contributed by atoms with E-state index >= 15 is 0 Å². The number of hydrogen-bond acceptors (Lipinski definition) is 6. The van der Waals surface area contributed by atoms with Gasteiger partial charge in [-0.2, -0.15) is 5.26 Å². The molecule has 156 valence electrons. The minimum absolute atomic E-state index is 0.00283. The van der Waals surface area contributed by atoms with E-state index in [1.54, 1.807) is 29.2 Å². The van der Waals surface area contributed by atoms with Crippen LogP contribution >= 0.6 is 0 Å². The van der Waals surface area contributed by atoms with Crippen molar-refractivity contribution in [2.75, 3.05) is 12.8 Å². The highest BCUT2D eigenvalue weighted by Gasteiger charge is 2.32. The van der Waals surface area contributed by atoms with Gasteiger partial charge in [0.15, 0.2) is 0 Å². The summed E-state index contributed by atoms with van der Waals surface area (Å²) in [5, 5.41) is 9.72.